The summed E-state index contributed by atoms with van der Waals surface area (Å²) in [5.74, 6) is -5.02. The fourth-order valence-corrected chi connectivity index (χ4v) is 0.714. The average Bonchev–Trinajstić information content (AvgIpc) is 1.82. The Morgan fingerprint density at radius 1 is 0.842 bits per heavy atom. The van der Waals surface area contributed by atoms with E-state index in [0.29, 0.717) is 0 Å². The van der Waals surface area contributed by atoms with Gasteiger partial charge in [0.25, 0.3) is 0 Å². The average molecular weight is 345 g/mol. The topological polar surface area (TPSA) is 132 Å². The smallest absolute Gasteiger partial charge is 1.00 e. The molecular formula is C6H14ClFNa4O7. The molecule has 0 fully saturated rings. The molecule has 0 saturated carbocycles. The second kappa shape index (κ2) is 20.6. The Bertz CT molecular complexity index is 267. The summed E-state index contributed by atoms with van der Waals surface area (Å²) in [5, 5.41) is 33.8. The Kier molecular flexibility index (Phi) is 46.6. The van der Waals surface area contributed by atoms with E-state index in [-0.39, 0.29) is 141 Å². The number of hydrogen-bond acceptors (Lipinski definition) is 4. The molecule has 0 bridgehead atoms. The van der Waals surface area contributed by atoms with Gasteiger partial charge in [-0.3, -0.25) is 14.3 Å². The molecule has 0 radical (unpaired) electrons. The molecule has 0 saturated heterocycles. The van der Waals surface area contributed by atoms with Crippen molar-refractivity contribution < 1.29 is 163 Å². The molecular weight excluding hydrogens is 330 g/mol. The van der Waals surface area contributed by atoms with Crippen LogP contribution in [0.15, 0.2) is 0 Å². The van der Waals surface area contributed by atoms with Gasteiger partial charge in [0, 0.05) is 0 Å². The summed E-state index contributed by atoms with van der Waals surface area (Å²) in [6.07, 6.45) is -2.29. The third-order valence-corrected chi connectivity index (χ3v) is 1.29. The van der Waals surface area contributed by atoms with Crippen LogP contribution < -0.4 is 118 Å². The van der Waals surface area contributed by atoms with Crippen molar-refractivity contribution >= 4 is 30.3 Å². The minimum atomic E-state index is -2.74. The van der Waals surface area contributed by atoms with Crippen LogP contribution in [0.5, 0.6) is 0 Å². The molecule has 0 heterocycles. The molecule has 0 aliphatic carbocycles. The molecule has 0 unspecified atom stereocenters. The fourth-order valence-electron chi connectivity index (χ4n) is 0.714. The van der Waals surface area contributed by atoms with Crippen molar-refractivity contribution in [1.29, 1.82) is 0 Å². The Morgan fingerprint density at radius 3 is 1.16 bits per heavy atom. The van der Waals surface area contributed by atoms with Gasteiger partial charge < -0.3 is 26.1 Å². The van der Waals surface area contributed by atoms with Crippen LogP contribution in [-0.2, 0) is 14.4 Å². The van der Waals surface area contributed by atoms with Crippen molar-refractivity contribution in [2.45, 2.75) is 18.4 Å². The Morgan fingerprint density at radius 2 is 1.05 bits per heavy atom. The van der Waals surface area contributed by atoms with E-state index < -0.39 is 36.4 Å². The number of carbonyl (C=O) groups is 3. The first-order chi connectivity index (χ1) is 5.78. The molecule has 0 amide bonds. The van der Waals surface area contributed by atoms with Gasteiger partial charge in [0.1, 0.15) is 0 Å². The summed E-state index contributed by atoms with van der Waals surface area (Å²) < 4.78 is 0. The molecule has 0 spiro atoms. The zero-order chi connectivity index (χ0) is 10.6. The molecule has 0 aliphatic rings. The molecule has 0 atom stereocenters. The van der Waals surface area contributed by atoms with Crippen LogP contribution in [-0.4, -0.2) is 43.9 Å². The Hall–Kier alpha value is 2.59. The number of aliphatic carboxylic acids is 3. The third kappa shape index (κ3) is 20.6. The monoisotopic (exact) mass is 344 g/mol. The third-order valence-electron chi connectivity index (χ3n) is 1.29. The summed E-state index contributed by atoms with van der Waals surface area (Å²) in [6.45, 7) is 0. The predicted octanol–water partition coefficient (Wildman–Crippen LogP) is -12.2. The van der Waals surface area contributed by atoms with Crippen LogP contribution in [0.4, 0.5) is 4.70 Å². The van der Waals surface area contributed by atoms with Crippen molar-refractivity contribution in [3.63, 3.8) is 0 Å². The number of carboxylic acid groups (broad SMARTS) is 3. The number of hydrogen-bond donors (Lipinski definition) is 4. The van der Waals surface area contributed by atoms with Crippen LogP contribution in [0.25, 0.3) is 0 Å². The van der Waals surface area contributed by atoms with Crippen molar-refractivity contribution in [2.75, 3.05) is 0 Å². The van der Waals surface area contributed by atoms with E-state index in [1.165, 1.54) is 0 Å². The normalized spacial score (nSPS) is 7.42. The first-order valence-corrected chi connectivity index (χ1v) is 3.17. The standard InChI is InChI=1S/C6H8O7.ClH.FH.4Na.4H/c7-3(8)1-6(13,5(11)12)2-4(9)10;;;;;;;;;;/h13H,1-2H2,(H,7,8)(H,9,10)(H,11,12);2*1H;;;;;;;;/q;;;4*+1;4*-1. The van der Waals surface area contributed by atoms with Crippen molar-refractivity contribution in [2.24, 2.45) is 0 Å². The summed E-state index contributed by atoms with van der Waals surface area (Å²) in [7, 11) is 0. The molecule has 0 aromatic rings. The Balaban J connectivity index is -0.0000000160. The van der Waals surface area contributed by atoms with Crippen molar-refractivity contribution in [3.8, 4) is 0 Å². The van der Waals surface area contributed by atoms with Crippen LogP contribution in [0, 0.1) is 0 Å². The summed E-state index contributed by atoms with van der Waals surface area (Å²) >= 11 is 0. The molecule has 13 heteroatoms. The van der Waals surface area contributed by atoms with Gasteiger partial charge in [-0.25, -0.2) is 4.79 Å². The molecule has 19 heavy (non-hydrogen) atoms. The van der Waals surface area contributed by atoms with E-state index in [4.69, 9.17) is 20.4 Å². The maximum absolute atomic E-state index is 10.3. The van der Waals surface area contributed by atoms with E-state index >= 15 is 0 Å². The predicted molar refractivity (Wildman–Crippen MR) is 51.3 cm³/mol. The number of aliphatic hydroxyl groups is 1. The van der Waals surface area contributed by atoms with Crippen LogP contribution in [0.2, 0.25) is 0 Å². The zero-order valence-electron chi connectivity index (χ0n) is 15.2. The van der Waals surface area contributed by atoms with E-state index in [1.807, 2.05) is 0 Å². The number of halogens is 2. The zero-order valence-corrected chi connectivity index (χ0v) is 20.1. The first-order valence-electron chi connectivity index (χ1n) is 3.17. The van der Waals surface area contributed by atoms with Gasteiger partial charge >= 0.3 is 136 Å². The second-order valence-electron chi connectivity index (χ2n) is 2.48. The summed E-state index contributed by atoms with van der Waals surface area (Å²) in [6, 6.07) is 0. The Labute approximate surface area is 209 Å². The van der Waals surface area contributed by atoms with Crippen LogP contribution >= 0.6 is 12.4 Å². The minimum Gasteiger partial charge on any atom is -1.00 e. The van der Waals surface area contributed by atoms with Gasteiger partial charge in [-0.2, -0.15) is 0 Å². The fraction of sp³-hybridized carbons (Fsp3) is 0.500. The summed E-state index contributed by atoms with van der Waals surface area (Å²) in [4.78, 5) is 30.5. The van der Waals surface area contributed by atoms with Gasteiger partial charge in [0.2, 0.25) is 0 Å². The van der Waals surface area contributed by atoms with E-state index in [2.05, 4.69) is 0 Å². The molecule has 98 valence electrons. The molecule has 0 aromatic heterocycles. The molecule has 0 aromatic carbocycles. The molecule has 4 N–H and O–H groups in total. The number of rotatable bonds is 5. The molecule has 0 aliphatic heterocycles. The summed E-state index contributed by atoms with van der Waals surface area (Å²) in [5.41, 5.74) is -2.74. The second-order valence-corrected chi connectivity index (χ2v) is 2.48. The van der Waals surface area contributed by atoms with Gasteiger partial charge in [-0.15, -0.1) is 12.4 Å². The van der Waals surface area contributed by atoms with E-state index in [1.54, 1.807) is 0 Å². The van der Waals surface area contributed by atoms with Crippen molar-refractivity contribution in [1.82, 2.24) is 0 Å². The first kappa shape index (κ1) is 43.0. The largest absolute Gasteiger partial charge is 1.00 e. The number of carboxylic acids is 3. The minimum absolute atomic E-state index is 0. The van der Waals surface area contributed by atoms with Gasteiger partial charge in [0.05, 0.1) is 12.8 Å². The maximum Gasteiger partial charge on any atom is 1.00 e. The van der Waals surface area contributed by atoms with Crippen LogP contribution in [0.1, 0.15) is 18.5 Å². The molecule has 7 nitrogen and oxygen atoms in total. The molecule has 0 rings (SSSR count). The SMILES string of the molecule is Cl.F.O=C(O)CC(O)(CC(=O)O)C(=O)O.[H-].[H-].[H-].[H-].[Na+].[Na+].[Na+].[Na+]. The van der Waals surface area contributed by atoms with E-state index in [9.17, 15) is 14.4 Å². The van der Waals surface area contributed by atoms with Gasteiger partial charge in [-0.05, 0) is 0 Å². The maximum atomic E-state index is 10.3. The van der Waals surface area contributed by atoms with E-state index in [0.717, 1.165) is 0 Å². The van der Waals surface area contributed by atoms with Crippen molar-refractivity contribution in [3.05, 3.63) is 0 Å². The van der Waals surface area contributed by atoms with Gasteiger partial charge in [0.15, 0.2) is 5.60 Å². The van der Waals surface area contributed by atoms with Crippen LogP contribution in [0.3, 0.4) is 0 Å². The quantitative estimate of drug-likeness (QED) is 0.364. The van der Waals surface area contributed by atoms with Gasteiger partial charge in [-0.1, -0.05) is 0 Å².